The molecule has 0 aliphatic carbocycles. The molecule has 0 aliphatic rings. The van der Waals surface area contributed by atoms with E-state index in [1.807, 2.05) is 41.9 Å². The molecule has 0 saturated heterocycles. The van der Waals surface area contributed by atoms with Gasteiger partial charge in [0.25, 0.3) is 5.56 Å². The Morgan fingerprint density at radius 3 is 2.72 bits per heavy atom. The van der Waals surface area contributed by atoms with Crippen LogP contribution >= 0.6 is 0 Å². The Morgan fingerprint density at radius 1 is 1.24 bits per heavy atom. The maximum atomic E-state index is 12.0. The van der Waals surface area contributed by atoms with Crippen LogP contribution in [-0.2, 0) is 13.1 Å². The zero-order chi connectivity index (χ0) is 17.8. The summed E-state index contributed by atoms with van der Waals surface area (Å²) in [6.45, 7) is 6.46. The first-order valence-corrected chi connectivity index (χ1v) is 8.15. The number of pyridine rings is 1. The Morgan fingerprint density at radius 2 is 2.00 bits per heavy atom. The number of hydrogen-bond acceptors (Lipinski definition) is 3. The average molecular weight is 335 g/mol. The van der Waals surface area contributed by atoms with Crippen LogP contribution in [0.2, 0.25) is 0 Å². The van der Waals surface area contributed by atoms with Crippen molar-refractivity contribution >= 4 is 6.08 Å². The molecule has 5 nitrogen and oxygen atoms in total. The molecule has 1 unspecified atom stereocenters. The van der Waals surface area contributed by atoms with Crippen LogP contribution in [-0.4, -0.2) is 19.5 Å². The van der Waals surface area contributed by atoms with Gasteiger partial charge in [-0.3, -0.25) is 9.48 Å². The molecule has 0 saturated carbocycles. The summed E-state index contributed by atoms with van der Waals surface area (Å²) in [6.07, 6.45) is 4.24. The second-order valence-electron chi connectivity index (χ2n) is 6.00. The third kappa shape index (κ3) is 3.78. The monoisotopic (exact) mass is 335 g/mol. The molecule has 0 amide bonds. The summed E-state index contributed by atoms with van der Waals surface area (Å²) >= 11 is 0. The number of aliphatic hydroxyl groups is 1. The van der Waals surface area contributed by atoms with E-state index in [0.717, 1.165) is 22.4 Å². The van der Waals surface area contributed by atoms with Gasteiger partial charge in [0.1, 0.15) is 6.10 Å². The smallest absolute Gasteiger partial charge is 0.250 e. The molecule has 0 aliphatic heterocycles. The summed E-state index contributed by atoms with van der Waals surface area (Å²) in [4.78, 5) is 12.0. The lowest BCUT2D eigenvalue weighted by Crippen LogP contribution is -2.22. The molecule has 5 heteroatoms. The van der Waals surface area contributed by atoms with Crippen LogP contribution < -0.4 is 5.56 Å². The van der Waals surface area contributed by atoms with E-state index in [9.17, 15) is 9.90 Å². The van der Waals surface area contributed by atoms with Gasteiger partial charge in [0.2, 0.25) is 0 Å². The minimum Gasteiger partial charge on any atom is -0.386 e. The van der Waals surface area contributed by atoms with Crippen molar-refractivity contribution in [3.05, 3.63) is 94.2 Å². The van der Waals surface area contributed by atoms with Gasteiger partial charge >= 0.3 is 0 Å². The van der Waals surface area contributed by atoms with E-state index in [0.29, 0.717) is 6.54 Å². The Balaban J connectivity index is 1.80. The summed E-state index contributed by atoms with van der Waals surface area (Å²) in [5.41, 5.74) is 3.45. The number of benzene rings is 1. The number of rotatable bonds is 6. The fraction of sp³-hybridized carbons (Fsp3) is 0.200. The molecule has 3 rings (SSSR count). The largest absolute Gasteiger partial charge is 0.386 e. The zero-order valence-electron chi connectivity index (χ0n) is 14.2. The third-order valence-corrected chi connectivity index (χ3v) is 4.29. The van der Waals surface area contributed by atoms with Gasteiger partial charge in [-0.1, -0.05) is 43.0 Å². The van der Waals surface area contributed by atoms with Crippen LogP contribution in [0.25, 0.3) is 6.08 Å². The van der Waals surface area contributed by atoms with E-state index < -0.39 is 6.10 Å². The topological polar surface area (TPSA) is 60.1 Å². The summed E-state index contributed by atoms with van der Waals surface area (Å²) < 4.78 is 3.35. The third-order valence-electron chi connectivity index (χ3n) is 4.29. The first-order chi connectivity index (χ1) is 12.1. The van der Waals surface area contributed by atoms with E-state index in [2.05, 4.69) is 11.7 Å². The standard InChI is InChI=1S/C20H21N3O2/c1-3-16-9-10-20(25)22(12-16)14-19(24)18-11-21-23(15(18)2)13-17-7-5-4-6-8-17/h3-12,19,24H,1,13-14H2,2H3. The maximum Gasteiger partial charge on any atom is 0.250 e. The van der Waals surface area contributed by atoms with Gasteiger partial charge in [0.05, 0.1) is 19.3 Å². The molecular formula is C20H21N3O2. The van der Waals surface area contributed by atoms with E-state index >= 15 is 0 Å². The van der Waals surface area contributed by atoms with Crippen LogP contribution in [0, 0.1) is 6.92 Å². The Labute approximate surface area is 146 Å². The van der Waals surface area contributed by atoms with Gasteiger partial charge in [-0.25, -0.2) is 0 Å². The highest BCUT2D eigenvalue weighted by Gasteiger charge is 2.16. The van der Waals surface area contributed by atoms with Crippen LogP contribution in [0.3, 0.4) is 0 Å². The second-order valence-corrected chi connectivity index (χ2v) is 6.00. The van der Waals surface area contributed by atoms with Crippen molar-refractivity contribution in [2.24, 2.45) is 0 Å². The first kappa shape index (κ1) is 16.9. The average Bonchev–Trinajstić information content (AvgIpc) is 2.98. The minimum absolute atomic E-state index is 0.154. The Hall–Kier alpha value is -2.92. The molecule has 1 N–H and O–H groups in total. The van der Waals surface area contributed by atoms with Crippen molar-refractivity contribution in [1.82, 2.24) is 14.3 Å². The number of aromatic nitrogens is 3. The van der Waals surface area contributed by atoms with Crippen LogP contribution in [0.1, 0.15) is 28.5 Å². The van der Waals surface area contributed by atoms with E-state index in [4.69, 9.17) is 0 Å². The van der Waals surface area contributed by atoms with Crippen molar-refractivity contribution in [2.75, 3.05) is 0 Å². The molecule has 2 heterocycles. The highest BCUT2D eigenvalue weighted by molar-refractivity contribution is 5.44. The van der Waals surface area contributed by atoms with Gasteiger partial charge in [0.15, 0.2) is 0 Å². The van der Waals surface area contributed by atoms with Crippen LogP contribution in [0.5, 0.6) is 0 Å². The van der Waals surface area contributed by atoms with E-state index in [-0.39, 0.29) is 12.1 Å². The van der Waals surface area contributed by atoms with Crippen molar-refractivity contribution < 1.29 is 5.11 Å². The normalized spacial score (nSPS) is 12.1. The molecule has 1 atom stereocenters. The Bertz CT molecular complexity index is 926. The summed E-state index contributed by atoms with van der Waals surface area (Å²) in [7, 11) is 0. The fourth-order valence-electron chi connectivity index (χ4n) is 2.80. The summed E-state index contributed by atoms with van der Waals surface area (Å²) in [6, 6.07) is 13.2. The quantitative estimate of drug-likeness (QED) is 0.753. The van der Waals surface area contributed by atoms with Crippen LogP contribution in [0.15, 0.2) is 66.2 Å². The lowest BCUT2D eigenvalue weighted by Gasteiger charge is -2.13. The molecule has 128 valence electrons. The van der Waals surface area contributed by atoms with Crippen molar-refractivity contribution in [1.29, 1.82) is 0 Å². The van der Waals surface area contributed by atoms with Gasteiger partial charge < -0.3 is 9.67 Å². The predicted octanol–water partition coefficient (Wildman–Crippen LogP) is 2.78. The fourth-order valence-corrected chi connectivity index (χ4v) is 2.80. The molecular weight excluding hydrogens is 314 g/mol. The van der Waals surface area contributed by atoms with Gasteiger partial charge in [0, 0.05) is 23.5 Å². The molecule has 3 aromatic rings. The maximum absolute atomic E-state index is 12.0. The summed E-state index contributed by atoms with van der Waals surface area (Å²) in [5.74, 6) is 0. The lowest BCUT2D eigenvalue weighted by atomic mass is 10.1. The highest BCUT2D eigenvalue weighted by atomic mass is 16.3. The molecule has 1 aromatic carbocycles. The molecule has 0 radical (unpaired) electrons. The molecule has 0 spiro atoms. The van der Waals surface area contributed by atoms with E-state index in [1.165, 1.54) is 10.6 Å². The van der Waals surface area contributed by atoms with Crippen LogP contribution in [0.4, 0.5) is 0 Å². The Kier molecular flexibility index (Phi) is 4.95. The molecule has 2 aromatic heterocycles. The van der Waals surface area contributed by atoms with Gasteiger partial charge in [-0.05, 0) is 24.1 Å². The van der Waals surface area contributed by atoms with Crippen molar-refractivity contribution in [3.63, 3.8) is 0 Å². The molecule has 0 fully saturated rings. The van der Waals surface area contributed by atoms with E-state index in [1.54, 1.807) is 24.5 Å². The molecule has 0 bridgehead atoms. The highest BCUT2D eigenvalue weighted by Crippen LogP contribution is 2.19. The number of nitrogens with zero attached hydrogens (tertiary/aromatic N) is 3. The second kappa shape index (κ2) is 7.32. The number of hydrogen-bond donors (Lipinski definition) is 1. The minimum atomic E-state index is -0.803. The molecule has 25 heavy (non-hydrogen) atoms. The summed E-state index contributed by atoms with van der Waals surface area (Å²) in [5, 5.41) is 15.0. The first-order valence-electron chi connectivity index (χ1n) is 8.15. The predicted molar refractivity (Wildman–Crippen MR) is 98.3 cm³/mol. The van der Waals surface area contributed by atoms with Crippen molar-refractivity contribution in [3.8, 4) is 0 Å². The number of aliphatic hydroxyl groups excluding tert-OH is 1. The van der Waals surface area contributed by atoms with Crippen molar-refractivity contribution in [2.45, 2.75) is 26.1 Å². The van der Waals surface area contributed by atoms with Gasteiger partial charge in [-0.15, -0.1) is 0 Å². The zero-order valence-corrected chi connectivity index (χ0v) is 14.2. The SMILES string of the molecule is C=Cc1ccc(=O)n(CC(O)c2cnn(Cc3ccccc3)c2C)c1. The van der Waals surface area contributed by atoms with Gasteiger partial charge in [-0.2, -0.15) is 5.10 Å². The lowest BCUT2D eigenvalue weighted by molar-refractivity contribution is 0.154.